The standard InChI is InChI=1S/C48H32N2/c1-4-14-33(15-5-1)35-18-12-21-39(30-35)49-45-25-11-10-22-41(45)43-31-36(26-28-46(43)49)37-27-29-47-44(32-37)42-24-13-23-40(34-16-6-2-7-17-34)48(42)50(47)38-19-8-3-9-20-38/h1-32H/i26D,28D,31D. The molecule has 0 aliphatic heterocycles. The number of nitrogens with zero attached hydrogens (tertiary/aromatic N) is 2. The van der Waals surface area contributed by atoms with E-state index in [1.165, 1.54) is 0 Å². The van der Waals surface area contributed by atoms with Gasteiger partial charge < -0.3 is 9.13 Å². The van der Waals surface area contributed by atoms with Crippen molar-refractivity contribution in [2.24, 2.45) is 0 Å². The van der Waals surface area contributed by atoms with Crippen LogP contribution in [0.5, 0.6) is 0 Å². The van der Waals surface area contributed by atoms with Crippen molar-refractivity contribution in [1.82, 2.24) is 9.13 Å². The van der Waals surface area contributed by atoms with E-state index in [9.17, 15) is 4.11 Å². The third-order valence-corrected chi connectivity index (χ3v) is 9.82. The van der Waals surface area contributed by atoms with Crippen molar-refractivity contribution in [3.05, 3.63) is 194 Å². The summed E-state index contributed by atoms with van der Waals surface area (Å²) in [6.45, 7) is 0. The summed E-state index contributed by atoms with van der Waals surface area (Å²) in [6, 6.07) is 60.5. The van der Waals surface area contributed by atoms with Crippen molar-refractivity contribution in [2.75, 3.05) is 0 Å². The number of para-hydroxylation sites is 3. The summed E-state index contributed by atoms with van der Waals surface area (Å²) in [6.07, 6.45) is 0. The highest BCUT2D eigenvalue weighted by atomic mass is 15.0. The molecule has 0 N–H and O–H groups in total. The molecule has 2 heteroatoms. The molecule has 0 saturated carbocycles. The fourth-order valence-electron chi connectivity index (χ4n) is 7.55. The fraction of sp³-hybridized carbons (Fsp3) is 0. The minimum atomic E-state index is 0.0434. The van der Waals surface area contributed by atoms with E-state index in [1.54, 1.807) is 0 Å². The second-order valence-electron chi connectivity index (χ2n) is 12.7. The van der Waals surface area contributed by atoms with Crippen LogP contribution in [-0.4, -0.2) is 9.13 Å². The molecule has 8 aromatic carbocycles. The zero-order valence-electron chi connectivity index (χ0n) is 30.1. The van der Waals surface area contributed by atoms with Gasteiger partial charge in [-0.1, -0.05) is 140 Å². The number of fused-ring (bicyclic) bond motifs is 6. The van der Waals surface area contributed by atoms with E-state index in [0.717, 1.165) is 71.9 Å². The molecule has 50 heavy (non-hydrogen) atoms. The Hall–Kier alpha value is -6.64. The first-order valence-corrected chi connectivity index (χ1v) is 17.0. The molecule has 0 radical (unpaired) electrons. The summed E-state index contributed by atoms with van der Waals surface area (Å²) in [5.74, 6) is 0. The normalized spacial score (nSPS) is 12.4. The first kappa shape index (κ1) is 25.4. The Morgan fingerprint density at radius 3 is 1.78 bits per heavy atom. The molecule has 0 spiro atoms. The van der Waals surface area contributed by atoms with E-state index in [-0.39, 0.29) is 18.1 Å². The molecule has 2 heterocycles. The molecule has 2 nitrogen and oxygen atoms in total. The van der Waals surface area contributed by atoms with Crippen LogP contribution in [-0.2, 0) is 0 Å². The molecule has 0 aliphatic carbocycles. The van der Waals surface area contributed by atoms with Crippen LogP contribution in [0.2, 0.25) is 0 Å². The third-order valence-electron chi connectivity index (χ3n) is 9.82. The molecular formula is C48H32N2. The van der Waals surface area contributed by atoms with Gasteiger partial charge in [-0.25, -0.2) is 0 Å². The molecule has 0 amide bonds. The van der Waals surface area contributed by atoms with Crippen LogP contribution in [0.3, 0.4) is 0 Å². The average molecular weight is 640 g/mol. The van der Waals surface area contributed by atoms with Crippen molar-refractivity contribution in [1.29, 1.82) is 0 Å². The molecular weight excluding hydrogens is 605 g/mol. The first-order chi connectivity index (χ1) is 26.1. The third kappa shape index (κ3) is 4.50. The van der Waals surface area contributed by atoms with Crippen molar-refractivity contribution in [3.8, 4) is 44.8 Å². The van der Waals surface area contributed by atoms with E-state index in [0.29, 0.717) is 16.5 Å². The molecule has 0 atom stereocenters. The molecule has 10 aromatic rings. The highest BCUT2D eigenvalue weighted by Crippen LogP contribution is 2.41. The summed E-state index contributed by atoms with van der Waals surface area (Å²) in [4.78, 5) is 0. The SMILES string of the molecule is [2H]c1c(-c2ccc3c(c2)c2cccc(-c4ccccc4)c2n3-c2ccccc2)c([2H])c2c3ccccc3n(-c3cccc(-c4ccccc4)c3)c2c1[2H]. The van der Waals surface area contributed by atoms with Gasteiger partial charge in [-0.3, -0.25) is 0 Å². The van der Waals surface area contributed by atoms with Crippen molar-refractivity contribution >= 4 is 43.6 Å². The summed E-state index contributed by atoms with van der Waals surface area (Å²) in [5, 5.41) is 3.69. The number of aromatic nitrogens is 2. The van der Waals surface area contributed by atoms with Crippen LogP contribution in [0.15, 0.2) is 194 Å². The maximum absolute atomic E-state index is 9.78. The molecule has 0 fully saturated rings. The molecule has 0 bridgehead atoms. The smallest absolute Gasteiger partial charge is 0.0645 e. The van der Waals surface area contributed by atoms with Gasteiger partial charge in [0.15, 0.2) is 0 Å². The van der Waals surface area contributed by atoms with Gasteiger partial charge in [0.25, 0.3) is 0 Å². The first-order valence-electron chi connectivity index (χ1n) is 18.5. The van der Waals surface area contributed by atoms with Crippen molar-refractivity contribution < 1.29 is 4.11 Å². The van der Waals surface area contributed by atoms with Crippen LogP contribution in [0, 0.1) is 0 Å². The van der Waals surface area contributed by atoms with Gasteiger partial charge in [-0.15, -0.1) is 0 Å². The van der Waals surface area contributed by atoms with E-state index < -0.39 is 0 Å². The number of hydrogen-bond donors (Lipinski definition) is 0. The van der Waals surface area contributed by atoms with E-state index in [1.807, 2.05) is 72.8 Å². The van der Waals surface area contributed by atoms with Gasteiger partial charge in [-0.05, 0) is 82.4 Å². The highest BCUT2D eigenvalue weighted by Gasteiger charge is 2.18. The van der Waals surface area contributed by atoms with Gasteiger partial charge in [0.1, 0.15) is 0 Å². The molecule has 0 unspecified atom stereocenters. The van der Waals surface area contributed by atoms with Crippen molar-refractivity contribution in [3.63, 3.8) is 0 Å². The average Bonchev–Trinajstić information content (AvgIpc) is 3.75. The molecule has 0 aliphatic rings. The Labute approximate surface area is 294 Å². The van der Waals surface area contributed by atoms with Crippen LogP contribution in [0.4, 0.5) is 0 Å². The second-order valence-corrected chi connectivity index (χ2v) is 12.7. The predicted molar refractivity (Wildman–Crippen MR) is 211 cm³/mol. The van der Waals surface area contributed by atoms with Gasteiger partial charge in [-0.2, -0.15) is 0 Å². The lowest BCUT2D eigenvalue weighted by Gasteiger charge is -2.12. The summed E-state index contributed by atoms with van der Waals surface area (Å²) < 4.78 is 33.2. The number of hydrogen-bond acceptors (Lipinski definition) is 0. The lowest BCUT2D eigenvalue weighted by atomic mass is 9.99. The zero-order chi connectivity index (χ0) is 35.6. The van der Waals surface area contributed by atoms with Gasteiger partial charge >= 0.3 is 0 Å². The Morgan fingerprint density at radius 2 is 0.960 bits per heavy atom. The Bertz CT molecular complexity index is 3020. The Morgan fingerprint density at radius 1 is 0.340 bits per heavy atom. The Balaban J connectivity index is 1.24. The minimum absolute atomic E-state index is 0.0434. The number of rotatable bonds is 5. The van der Waals surface area contributed by atoms with Crippen LogP contribution in [0.25, 0.3) is 88.4 Å². The quantitative estimate of drug-likeness (QED) is 0.177. The van der Waals surface area contributed by atoms with E-state index >= 15 is 0 Å². The van der Waals surface area contributed by atoms with Gasteiger partial charge in [0, 0.05) is 38.5 Å². The van der Waals surface area contributed by atoms with Crippen LogP contribution in [0.1, 0.15) is 4.11 Å². The van der Waals surface area contributed by atoms with Crippen LogP contribution >= 0.6 is 0 Å². The molecule has 2 aromatic heterocycles. The lowest BCUT2D eigenvalue weighted by molar-refractivity contribution is 1.18. The Kier molecular flexibility index (Phi) is 5.84. The predicted octanol–water partition coefficient (Wildman–Crippen LogP) is 12.9. The topological polar surface area (TPSA) is 9.86 Å². The van der Waals surface area contributed by atoms with E-state index in [2.05, 4.69) is 112 Å². The molecule has 234 valence electrons. The summed E-state index contributed by atoms with van der Waals surface area (Å²) >= 11 is 0. The van der Waals surface area contributed by atoms with Gasteiger partial charge in [0.05, 0.1) is 26.2 Å². The monoisotopic (exact) mass is 639 g/mol. The lowest BCUT2D eigenvalue weighted by Crippen LogP contribution is -1.95. The maximum atomic E-state index is 9.78. The minimum Gasteiger partial charge on any atom is -0.309 e. The molecule has 0 saturated heterocycles. The fourth-order valence-corrected chi connectivity index (χ4v) is 7.55. The summed E-state index contributed by atoms with van der Waals surface area (Å²) in [5.41, 5.74) is 11.2. The van der Waals surface area contributed by atoms with Gasteiger partial charge in [0.2, 0.25) is 0 Å². The number of benzene rings is 8. The zero-order valence-corrected chi connectivity index (χ0v) is 27.1. The molecule has 10 rings (SSSR count). The largest absolute Gasteiger partial charge is 0.309 e. The van der Waals surface area contributed by atoms with Crippen LogP contribution < -0.4 is 0 Å². The highest BCUT2D eigenvalue weighted by molar-refractivity contribution is 6.15. The van der Waals surface area contributed by atoms with Crippen molar-refractivity contribution in [2.45, 2.75) is 0 Å². The maximum Gasteiger partial charge on any atom is 0.0645 e. The summed E-state index contributed by atoms with van der Waals surface area (Å²) in [7, 11) is 0. The van der Waals surface area contributed by atoms with E-state index in [4.69, 9.17) is 0 Å². The second kappa shape index (κ2) is 11.5.